The summed E-state index contributed by atoms with van der Waals surface area (Å²) in [6.45, 7) is 0. The molecule has 0 N–H and O–H groups in total. The largest absolute Gasteiger partial charge is 0.310 e. The molecule has 0 saturated carbocycles. The maximum atomic E-state index is 2.35. The van der Waals surface area contributed by atoms with Crippen molar-refractivity contribution in [3.8, 4) is 33.4 Å². The van der Waals surface area contributed by atoms with Crippen LogP contribution in [0, 0.1) is 0 Å². The van der Waals surface area contributed by atoms with Gasteiger partial charge in [0, 0.05) is 17.1 Å². The molecule has 0 aliphatic heterocycles. The molecule has 8 aromatic carbocycles. The van der Waals surface area contributed by atoms with E-state index in [2.05, 4.69) is 193 Å². The molecule has 0 bridgehead atoms. The second-order valence-corrected chi connectivity index (χ2v) is 11.4. The first-order chi connectivity index (χ1) is 22.3. The van der Waals surface area contributed by atoms with Crippen molar-refractivity contribution in [3.63, 3.8) is 0 Å². The summed E-state index contributed by atoms with van der Waals surface area (Å²) in [5.41, 5.74) is 10.6. The summed E-state index contributed by atoms with van der Waals surface area (Å²) in [7, 11) is 0. The molecule has 0 heterocycles. The van der Waals surface area contributed by atoms with Crippen LogP contribution >= 0.6 is 0 Å². The van der Waals surface area contributed by atoms with Gasteiger partial charge in [0.25, 0.3) is 0 Å². The van der Waals surface area contributed by atoms with Gasteiger partial charge in [-0.15, -0.1) is 0 Å². The van der Waals surface area contributed by atoms with E-state index in [1.807, 2.05) is 0 Å². The van der Waals surface area contributed by atoms with E-state index in [-0.39, 0.29) is 0 Å². The SMILES string of the molecule is c1ccc(-c2ccc(N(c3ccc(-c4ccc5ccccc5c4)cc3)c3cccc(-c4cccc5ccccc45)c3)cc2)cc1. The Morgan fingerprint density at radius 3 is 1.56 bits per heavy atom. The zero-order chi connectivity index (χ0) is 30.0. The highest BCUT2D eigenvalue weighted by atomic mass is 15.1. The summed E-state index contributed by atoms with van der Waals surface area (Å²) < 4.78 is 0. The summed E-state index contributed by atoms with van der Waals surface area (Å²) in [5, 5.41) is 5.02. The Hall–Kier alpha value is -5.92. The van der Waals surface area contributed by atoms with Gasteiger partial charge in [-0.3, -0.25) is 0 Å². The number of rotatable bonds is 6. The summed E-state index contributed by atoms with van der Waals surface area (Å²) in [6.07, 6.45) is 0. The molecule has 212 valence electrons. The molecule has 0 fully saturated rings. The molecular formula is C44H31N. The Morgan fingerprint density at radius 1 is 0.267 bits per heavy atom. The van der Waals surface area contributed by atoms with Crippen LogP contribution in [-0.4, -0.2) is 0 Å². The second-order valence-electron chi connectivity index (χ2n) is 11.4. The molecule has 45 heavy (non-hydrogen) atoms. The Labute approximate surface area is 264 Å². The highest BCUT2D eigenvalue weighted by Gasteiger charge is 2.15. The quantitative estimate of drug-likeness (QED) is 0.191. The van der Waals surface area contributed by atoms with Crippen LogP contribution in [0.25, 0.3) is 54.9 Å². The van der Waals surface area contributed by atoms with Gasteiger partial charge in [-0.1, -0.05) is 146 Å². The Balaban J connectivity index is 1.22. The fourth-order valence-corrected chi connectivity index (χ4v) is 6.34. The van der Waals surface area contributed by atoms with E-state index in [4.69, 9.17) is 0 Å². The summed E-state index contributed by atoms with van der Waals surface area (Å²) >= 11 is 0. The van der Waals surface area contributed by atoms with Crippen molar-refractivity contribution < 1.29 is 0 Å². The predicted octanol–water partition coefficient (Wildman–Crippen LogP) is 12.5. The van der Waals surface area contributed by atoms with Crippen LogP contribution in [0.1, 0.15) is 0 Å². The second kappa shape index (κ2) is 11.6. The van der Waals surface area contributed by atoms with E-state index in [1.54, 1.807) is 0 Å². The van der Waals surface area contributed by atoms with Gasteiger partial charge in [0.05, 0.1) is 0 Å². The molecule has 1 heteroatoms. The smallest absolute Gasteiger partial charge is 0.0467 e. The van der Waals surface area contributed by atoms with E-state index < -0.39 is 0 Å². The molecule has 0 unspecified atom stereocenters. The molecular weight excluding hydrogens is 542 g/mol. The molecule has 0 spiro atoms. The maximum absolute atomic E-state index is 2.35. The molecule has 0 radical (unpaired) electrons. The zero-order valence-corrected chi connectivity index (χ0v) is 24.8. The van der Waals surface area contributed by atoms with Crippen molar-refractivity contribution in [2.75, 3.05) is 4.90 Å². The minimum atomic E-state index is 1.11. The van der Waals surface area contributed by atoms with Crippen LogP contribution in [0.3, 0.4) is 0 Å². The van der Waals surface area contributed by atoms with E-state index in [1.165, 1.54) is 54.9 Å². The number of hydrogen-bond donors (Lipinski definition) is 0. The standard InChI is InChI=1S/C44H31N/c1-2-10-32(11-3-1)34-22-26-40(27-23-34)45(41-28-24-35(25-29-41)38-21-20-33-12-4-5-14-37(33)30-38)42-17-8-16-39(31-42)44-19-9-15-36-13-6-7-18-43(36)44/h1-31H. The number of benzene rings is 8. The minimum Gasteiger partial charge on any atom is -0.310 e. The van der Waals surface area contributed by atoms with Gasteiger partial charge >= 0.3 is 0 Å². The van der Waals surface area contributed by atoms with Crippen LogP contribution in [0.15, 0.2) is 188 Å². The van der Waals surface area contributed by atoms with Crippen LogP contribution < -0.4 is 4.90 Å². The lowest BCUT2D eigenvalue weighted by Crippen LogP contribution is -2.10. The minimum absolute atomic E-state index is 1.11. The molecule has 0 aliphatic rings. The first-order valence-electron chi connectivity index (χ1n) is 15.4. The van der Waals surface area contributed by atoms with Gasteiger partial charge in [0.15, 0.2) is 0 Å². The Bertz CT molecular complexity index is 2240. The Morgan fingerprint density at radius 2 is 0.800 bits per heavy atom. The van der Waals surface area contributed by atoms with Gasteiger partial charge < -0.3 is 4.90 Å². The molecule has 0 amide bonds. The van der Waals surface area contributed by atoms with Crippen molar-refractivity contribution in [1.82, 2.24) is 0 Å². The molecule has 0 atom stereocenters. The fraction of sp³-hybridized carbons (Fsp3) is 0. The van der Waals surface area contributed by atoms with Crippen molar-refractivity contribution in [2.24, 2.45) is 0 Å². The molecule has 0 saturated heterocycles. The monoisotopic (exact) mass is 573 g/mol. The van der Waals surface area contributed by atoms with Gasteiger partial charge in [-0.05, 0) is 97.4 Å². The molecule has 0 aromatic heterocycles. The van der Waals surface area contributed by atoms with Crippen LogP contribution in [0.4, 0.5) is 17.1 Å². The lowest BCUT2D eigenvalue weighted by molar-refractivity contribution is 1.28. The third-order valence-electron chi connectivity index (χ3n) is 8.65. The van der Waals surface area contributed by atoms with E-state index in [9.17, 15) is 0 Å². The lowest BCUT2D eigenvalue weighted by atomic mass is 9.97. The third kappa shape index (κ3) is 5.26. The molecule has 0 aliphatic carbocycles. The number of hydrogen-bond acceptors (Lipinski definition) is 1. The maximum Gasteiger partial charge on any atom is 0.0467 e. The highest BCUT2D eigenvalue weighted by molar-refractivity contribution is 5.97. The van der Waals surface area contributed by atoms with Gasteiger partial charge in [0.1, 0.15) is 0 Å². The van der Waals surface area contributed by atoms with Crippen LogP contribution in [0.2, 0.25) is 0 Å². The van der Waals surface area contributed by atoms with Crippen LogP contribution in [-0.2, 0) is 0 Å². The van der Waals surface area contributed by atoms with Crippen LogP contribution in [0.5, 0.6) is 0 Å². The van der Waals surface area contributed by atoms with Crippen molar-refractivity contribution in [3.05, 3.63) is 188 Å². The number of fused-ring (bicyclic) bond motifs is 2. The van der Waals surface area contributed by atoms with E-state index in [0.717, 1.165) is 17.1 Å². The average molecular weight is 574 g/mol. The first-order valence-corrected chi connectivity index (χ1v) is 15.4. The zero-order valence-electron chi connectivity index (χ0n) is 24.8. The molecule has 8 aromatic rings. The van der Waals surface area contributed by atoms with E-state index in [0.29, 0.717) is 0 Å². The third-order valence-corrected chi connectivity index (χ3v) is 8.65. The number of anilines is 3. The summed E-state index contributed by atoms with van der Waals surface area (Å²) in [6, 6.07) is 67.7. The fourth-order valence-electron chi connectivity index (χ4n) is 6.34. The topological polar surface area (TPSA) is 3.24 Å². The first kappa shape index (κ1) is 26.7. The summed E-state index contributed by atoms with van der Waals surface area (Å²) in [5.74, 6) is 0. The highest BCUT2D eigenvalue weighted by Crippen LogP contribution is 2.39. The average Bonchev–Trinajstić information content (AvgIpc) is 3.12. The van der Waals surface area contributed by atoms with Gasteiger partial charge in [0.2, 0.25) is 0 Å². The lowest BCUT2D eigenvalue weighted by Gasteiger charge is -2.26. The predicted molar refractivity (Wildman–Crippen MR) is 192 cm³/mol. The molecule has 1 nitrogen and oxygen atoms in total. The van der Waals surface area contributed by atoms with Crippen molar-refractivity contribution in [1.29, 1.82) is 0 Å². The van der Waals surface area contributed by atoms with Crippen molar-refractivity contribution in [2.45, 2.75) is 0 Å². The Kier molecular flexibility index (Phi) is 6.90. The van der Waals surface area contributed by atoms with Gasteiger partial charge in [-0.2, -0.15) is 0 Å². The molecule has 8 rings (SSSR count). The van der Waals surface area contributed by atoms with E-state index >= 15 is 0 Å². The number of nitrogens with zero attached hydrogens (tertiary/aromatic N) is 1. The van der Waals surface area contributed by atoms with Gasteiger partial charge in [-0.25, -0.2) is 0 Å². The summed E-state index contributed by atoms with van der Waals surface area (Å²) in [4.78, 5) is 2.35. The van der Waals surface area contributed by atoms with Crippen molar-refractivity contribution >= 4 is 38.6 Å². The normalized spacial score (nSPS) is 11.1.